The third kappa shape index (κ3) is 2.61. The Morgan fingerprint density at radius 1 is 1.12 bits per heavy atom. The highest BCUT2D eigenvalue weighted by Crippen LogP contribution is 2.37. The van der Waals surface area contributed by atoms with Crippen LogP contribution >= 0.6 is 27.3 Å². The molecule has 2 aromatic rings. The number of rotatable bonds is 2. The monoisotopic (exact) mass is 312 g/mol. The topological polar surface area (TPSA) is 0 Å². The van der Waals surface area contributed by atoms with Gasteiger partial charge in [0.1, 0.15) is 5.82 Å². The van der Waals surface area contributed by atoms with E-state index in [1.807, 2.05) is 12.1 Å². The Labute approximate surface area is 114 Å². The molecule has 0 amide bonds. The minimum absolute atomic E-state index is 0.146. The van der Waals surface area contributed by atoms with Crippen molar-refractivity contribution in [2.45, 2.75) is 25.6 Å². The molecule has 1 atom stereocenters. The van der Waals surface area contributed by atoms with Gasteiger partial charge in [-0.25, -0.2) is 4.39 Å². The Morgan fingerprint density at radius 3 is 2.35 bits per heavy atom. The molecule has 0 spiro atoms. The summed E-state index contributed by atoms with van der Waals surface area (Å²) in [7, 11) is 0. The van der Waals surface area contributed by atoms with Crippen molar-refractivity contribution in [3.8, 4) is 0 Å². The number of benzene rings is 1. The summed E-state index contributed by atoms with van der Waals surface area (Å²) in [5.74, 6) is -0.146. The molecule has 3 heteroatoms. The lowest BCUT2D eigenvalue weighted by Gasteiger charge is -2.09. The van der Waals surface area contributed by atoms with Crippen molar-refractivity contribution >= 4 is 27.3 Å². The molecule has 0 radical (unpaired) electrons. The van der Waals surface area contributed by atoms with Gasteiger partial charge in [0, 0.05) is 9.75 Å². The van der Waals surface area contributed by atoms with Crippen LogP contribution in [-0.2, 0) is 0 Å². The van der Waals surface area contributed by atoms with Gasteiger partial charge >= 0.3 is 0 Å². The minimum Gasteiger partial charge on any atom is -0.207 e. The Bertz CT molecular complexity index is 526. The molecule has 1 aromatic heterocycles. The third-order valence-electron chi connectivity index (χ3n) is 2.91. The minimum atomic E-state index is -0.146. The van der Waals surface area contributed by atoms with Crippen molar-refractivity contribution in [3.63, 3.8) is 0 Å². The fourth-order valence-electron chi connectivity index (χ4n) is 1.72. The van der Waals surface area contributed by atoms with Crippen LogP contribution in [-0.4, -0.2) is 0 Å². The molecule has 0 bridgehead atoms. The lowest BCUT2D eigenvalue weighted by molar-refractivity contribution is 0.618. The molecule has 0 saturated carbocycles. The van der Waals surface area contributed by atoms with Crippen molar-refractivity contribution in [2.75, 3.05) is 0 Å². The van der Waals surface area contributed by atoms with Crippen LogP contribution in [0.2, 0.25) is 0 Å². The summed E-state index contributed by atoms with van der Waals surface area (Å²) in [5, 5.41) is 0. The van der Waals surface area contributed by atoms with Crippen molar-refractivity contribution in [2.24, 2.45) is 0 Å². The maximum absolute atomic E-state index is 13.2. The SMILES string of the molecule is Cc1cc(C(Br)c2cc(C)c(C)s2)ccc1F. The van der Waals surface area contributed by atoms with Crippen LogP contribution < -0.4 is 0 Å². The summed E-state index contributed by atoms with van der Waals surface area (Å²) < 4.78 is 13.2. The van der Waals surface area contributed by atoms with E-state index in [1.54, 1.807) is 18.3 Å². The van der Waals surface area contributed by atoms with Crippen molar-refractivity contribution in [3.05, 3.63) is 56.5 Å². The van der Waals surface area contributed by atoms with Crippen LogP contribution in [0, 0.1) is 26.6 Å². The van der Waals surface area contributed by atoms with Gasteiger partial charge in [0.2, 0.25) is 0 Å². The maximum atomic E-state index is 13.2. The zero-order chi connectivity index (χ0) is 12.6. The van der Waals surface area contributed by atoms with E-state index in [-0.39, 0.29) is 10.6 Å². The molecule has 0 N–H and O–H groups in total. The lowest BCUT2D eigenvalue weighted by Crippen LogP contribution is -1.92. The first-order chi connectivity index (χ1) is 7.99. The van der Waals surface area contributed by atoms with Gasteiger partial charge in [-0.1, -0.05) is 28.1 Å². The predicted molar refractivity (Wildman–Crippen MR) is 75.7 cm³/mol. The van der Waals surface area contributed by atoms with E-state index in [4.69, 9.17) is 0 Å². The van der Waals surface area contributed by atoms with E-state index in [1.165, 1.54) is 21.4 Å². The van der Waals surface area contributed by atoms with Crippen LogP contribution in [0.15, 0.2) is 24.3 Å². The first-order valence-electron chi connectivity index (χ1n) is 5.46. The second kappa shape index (κ2) is 4.91. The summed E-state index contributed by atoms with van der Waals surface area (Å²) >= 11 is 5.47. The summed E-state index contributed by atoms with van der Waals surface area (Å²) in [5.41, 5.74) is 3.11. The maximum Gasteiger partial charge on any atom is 0.126 e. The molecule has 0 aliphatic carbocycles. The van der Waals surface area contributed by atoms with E-state index < -0.39 is 0 Å². The molecule has 1 unspecified atom stereocenters. The Hall–Kier alpha value is -0.670. The van der Waals surface area contributed by atoms with E-state index in [9.17, 15) is 4.39 Å². The van der Waals surface area contributed by atoms with Crippen LogP contribution in [0.5, 0.6) is 0 Å². The molecule has 0 aliphatic heterocycles. The molecule has 0 aliphatic rings. The molecular weight excluding hydrogens is 299 g/mol. The van der Waals surface area contributed by atoms with Gasteiger partial charge in [0.25, 0.3) is 0 Å². The number of halogens is 2. The van der Waals surface area contributed by atoms with Crippen LogP contribution in [0.3, 0.4) is 0 Å². The van der Waals surface area contributed by atoms with E-state index in [0.717, 1.165) is 5.56 Å². The van der Waals surface area contributed by atoms with Gasteiger partial charge < -0.3 is 0 Å². The number of thiophene rings is 1. The molecule has 0 saturated heterocycles. The molecule has 17 heavy (non-hydrogen) atoms. The first-order valence-corrected chi connectivity index (χ1v) is 7.19. The zero-order valence-corrected chi connectivity index (χ0v) is 12.5. The van der Waals surface area contributed by atoms with Gasteiger partial charge in [-0.3, -0.25) is 0 Å². The second-order valence-electron chi connectivity index (χ2n) is 4.26. The van der Waals surface area contributed by atoms with Crippen LogP contribution in [0.1, 0.15) is 31.3 Å². The number of hydrogen-bond acceptors (Lipinski definition) is 1. The highest BCUT2D eigenvalue weighted by atomic mass is 79.9. The van der Waals surface area contributed by atoms with Crippen molar-refractivity contribution < 1.29 is 4.39 Å². The molecular formula is C14H14BrFS. The number of aryl methyl sites for hydroxylation is 3. The lowest BCUT2D eigenvalue weighted by atomic mass is 10.1. The van der Waals surface area contributed by atoms with Crippen molar-refractivity contribution in [1.29, 1.82) is 0 Å². The average Bonchev–Trinajstić information content (AvgIpc) is 2.62. The fourth-order valence-corrected chi connectivity index (χ4v) is 3.46. The highest BCUT2D eigenvalue weighted by Gasteiger charge is 2.14. The predicted octanol–water partition coefficient (Wildman–Crippen LogP) is 5.30. The van der Waals surface area contributed by atoms with E-state index in [0.29, 0.717) is 5.56 Å². The summed E-state index contributed by atoms with van der Waals surface area (Å²) in [4.78, 5) is 2.76. The van der Waals surface area contributed by atoms with Crippen LogP contribution in [0.25, 0.3) is 0 Å². The summed E-state index contributed by atoms with van der Waals surface area (Å²) in [6.45, 7) is 6.04. The number of hydrogen-bond donors (Lipinski definition) is 0. The van der Waals surface area contributed by atoms with Gasteiger partial charge in [-0.2, -0.15) is 0 Å². The molecule has 0 fully saturated rings. The zero-order valence-electron chi connectivity index (χ0n) is 10.1. The molecule has 90 valence electrons. The molecule has 1 heterocycles. The second-order valence-corrected chi connectivity index (χ2v) is 6.46. The molecule has 1 aromatic carbocycles. The summed E-state index contributed by atoms with van der Waals surface area (Å²) in [6.07, 6.45) is 0. The van der Waals surface area contributed by atoms with Gasteiger partial charge in [-0.15, -0.1) is 11.3 Å². The summed E-state index contributed by atoms with van der Waals surface area (Å²) in [6, 6.07) is 7.47. The van der Waals surface area contributed by atoms with Gasteiger partial charge in [0.15, 0.2) is 0 Å². The molecule has 0 nitrogen and oxygen atoms in total. The Kier molecular flexibility index (Phi) is 3.69. The van der Waals surface area contributed by atoms with E-state index in [2.05, 4.69) is 35.8 Å². The molecule has 2 rings (SSSR count). The Balaban J connectivity index is 2.36. The standard InChI is InChI=1S/C14H14BrFS/c1-8-7-13(17-10(8)3)14(15)11-4-5-12(16)9(2)6-11/h4-7,14H,1-3H3. The normalized spacial score (nSPS) is 12.8. The smallest absolute Gasteiger partial charge is 0.126 e. The third-order valence-corrected chi connectivity index (χ3v) is 5.45. The average molecular weight is 313 g/mol. The van der Waals surface area contributed by atoms with Gasteiger partial charge in [-0.05, 0) is 49.6 Å². The first kappa shape index (κ1) is 12.8. The largest absolute Gasteiger partial charge is 0.207 e. The van der Waals surface area contributed by atoms with Crippen molar-refractivity contribution in [1.82, 2.24) is 0 Å². The number of alkyl halides is 1. The van der Waals surface area contributed by atoms with Gasteiger partial charge in [0.05, 0.1) is 4.83 Å². The highest BCUT2D eigenvalue weighted by molar-refractivity contribution is 9.09. The Morgan fingerprint density at radius 2 is 1.82 bits per heavy atom. The van der Waals surface area contributed by atoms with E-state index >= 15 is 0 Å². The quantitative estimate of drug-likeness (QED) is 0.660. The fraction of sp³-hybridized carbons (Fsp3) is 0.286. The van der Waals surface area contributed by atoms with Crippen LogP contribution in [0.4, 0.5) is 4.39 Å².